The molecule has 2 rings (SSSR count). The molecule has 2 aromatic rings. The summed E-state index contributed by atoms with van der Waals surface area (Å²) < 4.78 is 1.97. The fourth-order valence-corrected chi connectivity index (χ4v) is 2.16. The molecule has 0 saturated carbocycles. The molecule has 2 aromatic heterocycles. The van der Waals surface area contributed by atoms with Gasteiger partial charge < -0.3 is 9.88 Å². The van der Waals surface area contributed by atoms with Crippen LogP contribution in [0.4, 0.5) is 0 Å². The van der Waals surface area contributed by atoms with Gasteiger partial charge in [-0.15, -0.1) is 0 Å². The third-order valence-electron chi connectivity index (χ3n) is 3.15. The molecule has 4 nitrogen and oxygen atoms in total. The van der Waals surface area contributed by atoms with Gasteiger partial charge in [0.2, 0.25) is 5.91 Å². The van der Waals surface area contributed by atoms with Crippen molar-refractivity contribution in [1.29, 1.82) is 0 Å². The molecule has 0 fully saturated rings. The number of amides is 1. The monoisotopic (exact) mass is 271 g/mol. The molecule has 0 unspecified atom stereocenters. The second-order valence-electron chi connectivity index (χ2n) is 5.31. The van der Waals surface area contributed by atoms with Crippen molar-refractivity contribution in [3.05, 3.63) is 54.6 Å². The number of pyridine rings is 1. The van der Waals surface area contributed by atoms with Crippen LogP contribution in [0.3, 0.4) is 0 Å². The number of rotatable bonds is 6. The normalized spacial score (nSPS) is 12.3. The summed E-state index contributed by atoms with van der Waals surface area (Å²) in [5.41, 5.74) is 0.872. The molecule has 0 saturated heterocycles. The Morgan fingerprint density at radius 3 is 2.60 bits per heavy atom. The predicted octanol–water partition coefficient (Wildman–Crippen LogP) is 2.79. The Morgan fingerprint density at radius 2 is 2.00 bits per heavy atom. The van der Waals surface area contributed by atoms with Crippen LogP contribution in [0.25, 0.3) is 0 Å². The number of hydrogen-bond donors (Lipinski definition) is 1. The first-order valence-corrected chi connectivity index (χ1v) is 6.97. The third-order valence-corrected chi connectivity index (χ3v) is 3.15. The zero-order valence-corrected chi connectivity index (χ0v) is 12.0. The van der Waals surface area contributed by atoms with Crippen molar-refractivity contribution in [3.8, 4) is 0 Å². The average molecular weight is 271 g/mol. The zero-order valence-electron chi connectivity index (χ0n) is 12.0. The van der Waals surface area contributed by atoms with Gasteiger partial charge in [-0.25, -0.2) is 0 Å². The van der Waals surface area contributed by atoms with E-state index in [2.05, 4.69) is 24.1 Å². The lowest BCUT2D eigenvalue weighted by Gasteiger charge is -2.20. The van der Waals surface area contributed by atoms with Crippen LogP contribution in [0.5, 0.6) is 0 Å². The van der Waals surface area contributed by atoms with E-state index in [1.807, 2.05) is 47.3 Å². The van der Waals surface area contributed by atoms with E-state index in [0.29, 0.717) is 12.5 Å². The van der Waals surface area contributed by atoms with Crippen LogP contribution in [0.15, 0.2) is 48.9 Å². The number of nitrogens with zero attached hydrogens (tertiary/aromatic N) is 2. The molecule has 1 N–H and O–H groups in total. The Kier molecular flexibility index (Phi) is 4.93. The Bertz CT molecular complexity index is 520. The third kappa shape index (κ3) is 3.95. The van der Waals surface area contributed by atoms with Crippen molar-refractivity contribution < 1.29 is 4.79 Å². The molecule has 1 atom stereocenters. The molecule has 1 amide bonds. The van der Waals surface area contributed by atoms with Crippen LogP contribution < -0.4 is 5.32 Å². The highest BCUT2D eigenvalue weighted by Gasteiger charge is 2.20. The van der Waals surface area contributed by atoms with E-state index in [4.69, 9.17) is 0 Å². The molecule has 0 spiro atoms. The fraction of sp³-hybridized carbons (Fsp3) is 0.375. The number of carbonyl (C=O) groups excluding carboxylic acids is 1. The molecule has 2 heterocycles. The molecule has 0 radical (unpaired) electrons. The lowest BCUT2D eigenvalue weighted by Crippen LogP contribution is -2.32. The highest BCUT2D eigenvalue weighted by molar-refractivity contribution is 5.80. The molecule has 4 heteroatoms. The van der Waals surface area contributed by atoms with Crippen molar-refractivity contribution >= 4 is 5.91 Å². The lowest BCUT2D eigenvalue weighted by molar-refractivity contribution is -0.125. The number of carbonyl (C=O) groups is 1. The van der Waals surface area contributed by atoms with Gasteiger partial charge >= 0.3 is 0 Å². The minimum Gasteiger partial charge on any atom is -0.349 e. The number of hydrogen-bond acceptors (Lipinski definition) is 2. The predicted molar refractivity (Wildman–Crippen MR) is 79.0 cm³/mol. The molecular weight excluding hydrogens is 250 g/mol. The summed E-state index contributed by atoms with van der Waals surface area (Å²) in [4.78, 5) is 16.6. The van der Waals surface area contributed by atoms with Crippen LogP contribution in [-0.4, -0.2) is 15.5 Å². The van der Waals surface area contributed by atoms with Gasteiger partial charge in [-0.05, 0) is 36.6 Å². The van der Waals surface area contributed by atoms with E-state index in [1.165, 1.54) is 0 Å². The summed E-state index contributed by atoms with van der Waals surface area (Å²) in [6.07, 6.45) is 6.43. The lowest BCUT2D eigenvalue weighted by atomic mass is 10.0. The maximum Gasteiger partial charge on any atom is 0.243 e. The molecule has 0 aliphatic carbocycles. The highest BCUT2D eigenvalue weighted by Crippen LogP contribution is 2.18. The Labute approximate surface area is 119 Å². The van der Waals surface area contributed by atoms with Crippen LogP contribution in [-0.2, 0) is 11.3 Å². The average Bonchev–Trinajstić information content (AvgIpc) is 2.97. The van der Waals surface area contributed by atoms with E-state index in [1.54, 1.807) is 6.20 Å². The van der Waals surface area contributed by atoms with Crippen LogP contribution in [0.2, 0.25) is 0 Å². The van der Waals surface area contributed by atoms with Crippen molar-refractivity contribution in [2.45, 2.75) is 32.9 Å². The van der Waals surface area contributed by atoms with Crippen molar-refractivity contribution in [3.63, 3.8) is 0 Å². The van der Waals surface area contributed by atoms with E-state index in [-0.39, 0.29) is 11.9 Å². The molecule has 0 aliphatic heterocycles. The Hall–Kier alpha value is -2.10. The van der Waals surface area contributed by atoms with Crippen LogP contribution in [0.1, 0.15) is 32.0 Å². The molecular formula is C16H21N3O. The first-order chi connectivity index (χ1) is 9.66. The Balaban J connectivity index is 2.00. The second kappa shape index (κ2) is 6.89. The molecule has 0 aliphatic rings. The van der Waals surface area contributed by atoms with Crippen molar-refractivity contribution in [2.75, 3.05) is 0 Å². The maximum absolute atomic E-state index is 12.4. The van der Waals surface area contributed by atoms with E-state index < -0.39 is 0 Å². The fourth-order valence-electron chi connectivity index (χ4n) is 2.16. The molecule has 20 heavy (non-hydrogen) atoms. The molecule has 0 aromatic carbocycles. The van der Waals surface area contributed by atoms with Gasteiger partial charge in [-0.2, -0.15) is 0 Å². The summed E-state index contributed by atoms with van der Waals surface area (Å²) in [6.45, 7) is 4.72. The van der Waals surface area contributed by atoms with Crippen LogP contribution in [0, 0.1) is 5.92 Å². The number of aromatic nitrogens is 2. The van der Waals surface area contributed by atoms with Gasteiger partial charge in [0.25, 0.3) is 0 Å². The first-order valence-electron chi connectivity index (χ1n) is 6.97. The summed E-state index contributed by atoms with van der Waals surface area (Å²) in [5, 5.41) is 2.97. The summed E-state index contributed by atoms with van der Waals surface area (Å²) in [5.74, 6) is 0.503. The quantitative estimate of drug-likeness (QED) is 0.878. The minimum atomic E-state index is -0.159. The van der Waals surface area contributed by atoms with E-state index in [0.717, 1.165) is 12.1 Å². The van der Waals surface area contributed by atoms with Crippen molar-refractivity contribution in [2.24, 2.45) is 5.92 Å². The van der Waals surface area contributed by atoms with Gasteiger partial charge in [0.05, 0.1) is 12.2 Å². The Morgan fingerprint density at radius 1 is 1.25 bits per heavy atom. The zero-order chi connectivity index (χ0) is 14.4. The smallest absolute Gasteiger partial charge is 0.243 e. The first kappa shape index (κ1) is 14.3. The second-order valence-corrected chi connectivity index (χ2v) is 5.31. The van der Waals surface area contributed by atoms with E-state index in [9.17, 15) is 4.79 Å². The van der Waals surface area contributed by atoms with E-state index >= 15 is 0 Å². The summed E-state index contributed by atoms with van der Waals surface area (Å²) in [6, 6.07) is 9.43. The molecule has 0 bridgehead atoms. The largest absolute Gasteiger partial charge is 0.349 e. The van der Waals surface area contributed by atoms with Gasteiger partial charge in [-0.1, -0.05) is 19.9 Å². The minimum absolute atomic E-state index is 0.0422. The van der Waals surface area contributed by atoms with Gasteiger partial charge in [0.1, 0.15) is 6.04 Å². The summed E-state index contributed by atoms with van der Waals surface area (Å²) >= 11 is 0. The highest BCUT2D eigenvalue weighted by atomic mass is 16.2. The molecule has 106 valence electrons. The van der Waals surface area contributed by atoms with Gasteiger partial charge in [0, 0.05) is 18.6 Å². The van der Waals surface area contributed by atoms with Crippen LogP contribution >= 0.6 is 0 Å². The topological polar surface area (TPSA) is 46.9 Å². The number of nitrogens with one attached hydrogen (secondary N) is 1. The van der Waals surface area contributed by atoms with Gasteiger partial charge in [0.15, 0.2) is 0 Å². The summed E-state index contributed by atoms with van der Waals surface area (Å²) in [7, 11) is 0. The van der Waals surface area contributed by atoms with Gasteiger partial charge in [-0.3, -0.25) is 9.78 Å². The SMILES string of the molecule is CC(C)C[C@H](C(=O)NCc1ccccn1)n1cccc1. The van der Waals surface area contributed by atoms with Crippen molar-refractivity contribution in [1.82, 2.24) is 14.9 Å². The standard InChI is InChI=1S/C16H21N3O/c1-13(2)11-15(19-9-5-6-10-19)16(20)18-12-14-7-3-4-8-17-14/h3-10,13,15H,11-12H2,1-2H3,(H,18,20)/t15-/m1/s1. The maximum atomic E-state index is 12.4.